The number of carbonyl (C=O) groups is 1. The molecule has 0 aliphatic carbocycles. The third kappa shape index (κ3) is 7.37. The van der Waals surface area contributed by atoms with Gasteiger partial charge in [-0.1, -0.05) is 31.9 Å². The number of aliphatic hydroxyl groups excluding tert-OH is 1. The maximum atomic E-state index is 12.6. The Morgan fingerprint density at radius 2 is 1.42 bits per heavy atom. The quantitative estimate of drug-likeness (QED) is 0.307. The molecule has 0 aliphatic heterocycles. The molecule has 10 heteroatoms. The maximum absolute atomic E-state index is 12.6. The van der Waals surface area contributed by atoms with E-state index >= 15 is 0 Å². The van der Waals surface area contributed by atoms with Crippen LogP contribution >= 0.6 is 31.9 Å². The second-order valence-corrected chi connectivity index (χ2v) is 5.76. The molecule has 3 radical (unpaired) electrons. The van der Waals surface area contributed by atoms with Crippen LogP contribution in [0.1, 0.15) is 17.3 Å². The summed E-state index contributed by atoms with van der Waals surface area (Å²) in [6, 6.07) is 4.51. The van der Waals surface area contributed by atoms with Crippen LogP contribution in [0, 0.1) is 23.3 Å². The van der Waals surface area contributed by atoms with Crippen LogP contribution in [0.15, 0.2) is 33.2 Å². The van der Waals surface area contributed by atoms with Crippen LogP contribution in [0.4, 0.5) is 17.6 Å². The molecule has 123 valence electrons. The van der Waals surface area contributed by atoms with Crippen molar-refractivity contribution in [1.82, 2.24) is 0 Å². The molecule has 2 aromatic rings. The van der Waals surface area contributed by atoms with Crippen molar-refractivity contribution in [3.8, 4) is 0 Å². The van der Waals surface area contributed by atoms with Gasteiger partial charge < -0.3 is 6.53 Å². The average Bonchev–Trinajstić information content (AvgIpc) is 2.47. The van der Waals surface area contributed by atoms with E-state index in [-0.39, 0.29) is 56.8 Å². The van der Waals surface area contributed by atoms with Gasteiger partial charge in [0.2, 0.25) is 0 Å². The van der Waals surface area contributed by atoms with Crippen molar-refractivity contribution in [2.75, 3.05) is 0 Å². The molecule has 0 heterocycles. The third-order valence-corrected chi connectivity index (χ3v) is 3.30. The molecule has 2 aromatic carbocycles. The summed E-state index contributed by atoms with van der Waals surface area (Å²) in [5.74, 6) is -4.08. The minimum absolute atomic E-state index is 0. The van der Waals surface area contributed by atoms with Crippen LogP contribution in [0.25, 0.3) is 0 Å². The standard InChI is InChI=1S/C7H5BrF2O.C7H3BrF2O.B.Na.H/c2*8-5-1-4(3-11)7(10)6(9)2-5;;;/h1-2,11H,3H2;1-3H;;;/q;;;+1;-1. The first-order chi connectivity index (χ1) is 10.3. The van der Waals surface area contributed by atoms with Crippen LogP contribution in [0.5, 0.6) is 0 Å². The molecule has 0 spiro atoms. The Hall–Kier alpha value is -0.185. The van der Waals surface area contributed by atoms with Gasteiger partial charge in [0, 0.05) is 22.9 Å². The minimum Gasteiger partial charge on any atom is -1.00 e. The molecule has 2 rings (SSSR count). The van der Waals surface area contributed by atoms with Gasteiger partial charge in [-0.2, -0.15) is 0 Å². The van der Waals surface area contributed by atoms with Gasteiger partial charge in [-0.25, -0.2) is 17.6 Å². The van der Waals surface area contributed by atoms with Crippen molar-refractivity contribution in [3.05, 3.63) is 67.6 Å². The van der Waals surface area contributed by atoms with Crippen molar-refractivity contribution in [3.63, 3.8) is 0 Å². The minimum atomic E-state index is -1.11. The maximum Gasteiger partial charge on any atom is 1.00 e. The van der Waals surface area contributed by atoms with Gasteiger partial charge in [0.15, 0.2) is 29.6 Å². The Morgan fingerprint density at radius 3 is 1.88 bits per heavy atom. The van der Waals surface area contributed by atoms with Crippen molar-refractivity contribution >= 4 is 46.6 Å². The van der Waals surface area contributed by atoms with E-state index < -0.39 is 29.9 Å². The summed E-state index contributed by atoms with van der Waals surface area (Å²) in [7, 11) is 0. The summed E-state index contributed by atoms with van der Waals surface area (Å²) < 4.78 is 50.9. The zero-order valence-corrected chi connectivity index (χ0v) is 17.5. The number of aliphatic hydroxyl groups is 1. The Labute approximate surface area is 178 Å². The number of aldehydes is 1. The van der Waals surface area contributed by atoms with Gasteiger partial charge in [-0.05, 0) is 24.3 Å². The Bertz CT molecular complexity index is 711. The summed E-state index contributed by atoms with van der Waals surface area (Å²) in [6.45, 7) is -0.498. The van der Waals surface area contributed by atoms with Gasteiger partial charge in [0.25, 0.3) is 0 Å². The molecule has 0 bridgehead atoms. The van der Waals surface area contributed by atoms with Crippen molar-refractivity contribution in [1.29, 1.82) is 0 Å². The van der Waals surface area contributed by atoms with Crippen LogP contribution < -0.4 is 29.6 Å². The van der Waals surface area contributed by atoms with E-state index in [9.17, 15) is 22.4 Å². The van der Waals surface area contributed by atoms with Crippen LogP contribution in [-0.4, -0.2) is 19.8 Å². The molecule has 1 N–H and O–H groups in total. The van der Waals surface area contributed by atoms with Crippen molar-refractivity contribution < 1.29 is 58.4 Å². The largest absolute Gasteiger partial charge is 1.00 e. The fourth-order valence-corrected chi connectivity index (χ4v) is 2.31. The second kappa shape index (κ2) is 12.2. The van der Waals surface area contributed by atoms with Crippen molar-refractivity contribution in [2.24, 2.45) is 0 Å². The molecule has 0 saturated carbocycles. The van der Waals surface area contributed by atoms with E-state index in [0.29, 0.717) is 8.95 Å². The summed E-state index contributed by atoms with van der Waals surface area (Å²) in [5.41, 5.74) is -0.325. The number of rotatable bonds is 2. The number of hydrogen-bond acceptors (Lipinski definition) is 2. The zero-order chi connectivity index (χ0) is 16.9. The van der Waals surface area contributed by atoms with Gasteiger partial charge in [-0.3, -0.25) is 4.79 Å². The van der Waals surface area contributed by atoms with Crippen LogP contribution in [-0.2, 0) is 6.61 Å². The predicted molar refractivity (Wildman–Crippen MR) is 86.3 cm³/mol. The predicted octanol–water partition coefficient (Wildman–Crippen LogP) is 1.50. The fourth-order valence-electron chi connectivity index (χ4n) is 1.39. The zero-order valence-electron chi connectivity index (χ0n) is 13.3. The topological polar surface area (TPSA) is 37.3 Å². The molecule has 0 amide bonds. The normalized spacial score (nSPS) is 9.12. The smallest absolute Gasteiger partial charge is 1.00 e. The summed E-state index contributed by atoms with van der Waals surface area (Å²) in [6.07, 6.45) is 0.267. The summed E-state index contributed by atoms with van der Waals surface area (Å²) >= 11 is 5.89. The molecule has 0 aromatic heterocycles. The van der Waals surface area contributed by atoms with Gasteiger partial charge in [-0.15, -0.1) is 0 Å². The first kappa shape index (κ1) is 26.0. The van der Waals surface area contributed by atoms with E-state index in [4.69, 9.17) is 5.11 Å². The van der Waals surface area contributed by atoms with E-state index in [2.05, 4.69) is 31.9 Å². The Morgan fingerprint density at radius 1 is 0.958 bits per heavy atom. The Balaban J connectivity index is -0.000000346. The van der Waals surface area contributed by atoms with E-state index in [1.807, 2.05) is 0 Å². The van der Waals surface area contributed by atoms with Crippen LogP contribution in [0.2, 0.25) is 0 Å². The molecule has 0 atom stereocenters. The number of halogens is 6. The molecule has 2 nitrogen and oxygen atoms in total. The van der Waals surface area contributed by atoms with E-state index in [1.165, 1.54) is 12.1 Å². The summed E-state index contributed by atoms with van der Waals surface area (Å²) in [5, 5.41) is 8.54. The third-order valence-electron chi connectivity index (χ3n) is 2.39. The first-order valence-electron chi connectivity index (χ1n) is 5.64. The van der Waals surface area contributed by atoms with Crippen molar-refractivity contribution in [2.45, 2.75) is 6.61 Å². The van der Waals surface area contributed by atoms with Gasteiger partial charge in [0.05, 0.1) is 12.2 Å². The number of carbonyl (C=O) groups excluding carboxylic acids is 1. The Kier molecular flexibility index (Phi) is 13.3. The first-order valence-corrected chi connectivity index (χ1v) is 7.22. The molecular formula is C14H9BBr2F4NaO2. The molecule has 0 aliphatic rings. The summed E-state index contributed by atoms with van der Waals surface area (Å²) in [4.78, 5) is 10.1. The average molecular weight is 479 g/mol. The molecule has 0 saturated heterocycles. The second-order valence-electron chi connectivity index (χ2n) is 3.93. The SMILES string of the molecule is O=Cc1cc(Br)cc(F)c1F.OCc1cc(Br)cc(F)c1F.[B].[H-].[Na+]. The van der Waals surface area contributed by atoms with E-state index in [0.717, 1.165) is 12.1 Å². The number of benzene rings is 2. The molecule has 0 unspecified atom stereocenters. The number of hydrogen-bond donors (Lipinski definition) is 1. The van der Waals surface area contributed by atoms with Gasteiger partial charge in [0.1, 0.15) is 0 Å². The molecule has 24 heavy (non-hydrogen) atoms. The van der Waals surface area contributed by atoms with E-state index in [1.54, 1.807) is 0 Å². The fraction of sp³-hybridized carbons (Fsp3) is 0.0714. The molecular weight excluding hydrogens is 470 g/mol. The van der Waals surface area contributed by atoms with Gasteiger partial charge >= 0.3 is 29.6 Å². The van der Waals surface area contributed by atoms with Crippen LogP contribution in [0.3, 0.4) is 0 Å². The monoisotopic (exact) mass is 477 g/mol. The molecule has 0 fully saturated rings.